The van der Waals surface area contributed by atoms with E-state index in [0.717, 1.165) is 62.4 Å². The molecule has 2 amide bonds. The summed E-state index contributed by atoms with van der Waals surface area (Å²) in [6.45, 7) is 8.67. The van der Waals surface area contributed by atoms with E-state index in [1.165, 1.54) is 39.9 Å². The summed E-state index contributed by atoms with van der Waals surface area (Å²) in [5.74, 6) is -0.971. The molecular formula is C29H38N4O6S2. The number of nitrogens with zero attached hydrogens (tertiary/aromatic N) is 3. The number of carbonyl (C=O) groups is 3. The van der Waals surface area contributed by atoms with Crippen molar-refractivity contribution in [3.05, 3.63) is 45.8 Å². The standard InChI is InChI=1S/C29H38N4O6S2/c1-3-31-16-13-23-24(19-31)40-27(25(23)28(35)32-14-5-6-15-32)30-26(34)20-7-9-22(10-8-20)41(37,38)33-17-11-21(12-18-33)29(36)39-4-2/h7-10,21H,3-6,11-19H2,1-2H3,(H,30,34). The predicted molar refractivity (Wildman–Crippen MR) is 157 cm³/mol. The minimum atomic E-state index is -3.77. The molecular weight excluding hydrogens is 564 g/mol. The zero-order valence-electron chi connectivity index (χ0n) is 23.7. The zero-order valence-corrected chi connectivity index (χ0v) is 25.3. The highest BCUT2D eigenvalue weighted by Gasteiger charge is 2.34. The average Bonchev–Trinajstić information content (AvgIpc) is 3.65. The number of piperidine rings is 1. The first-order valence-corrected chi connectivity index (χ1v) is 16.7. The Hall–Kier alpha value is -2.80. The van der Waals surface area contributed by atoms with Crippen molar-refractivity contribution in [2.75, 3.05) is 51.2 Å². The van der Waals surface area contributed by atoms with Gasteiger partial charge >= 0.3 is 5.97 Å². The molecule has 41 heavy (non-hydrogen) atoms. The minimum Gasteiger partial charge on any atom is -0.466 e. The van der Waals surface area contributed by atoms with Crippen LogP contribution in [0.3, 0.4) is 0 Å². The Labute approximate surface area is 245 Å². The van der Waals surface area contributed by atoms with Crippen LogP contribution < -0.4 is 5.32 Å². The van der Waals surface area contributed by atoms with E-state index in [2.05, 4.69) is 17.1 Å². The Morgan fingerprint density at radius 2 is 1.68 bits per heavy atom. The van der Waals surface area contributed by atoms with Gasteiger partial charge < -0.3 is 15.0 Å². The summed E-state index contributed by atoms with van der Waals surface area (Å²) >= 11 is 1.47. The second kappa shape index (κ2) is 12.6. The molecule has 0 spiro atoms. The van der Waals surface area contributed by atoms with Crippen molar-refractivity contribution in [2.24, 2.45) is 5.92 Å². The third-order valence-electron chi connectivity index (χ3n) is 8.25. The predicted octanol–water partition coefficient (Wildman–Crippen LogP) is 3.58. The van der Waals surface area contributed by atoms with Gasteiger partial charge in [-0.2, -0.15) is 4.31 Å². The number of hydrogen-bond acceptors (Lipinski definition) is 8. The first kappa shape index (κ1) is 29.7. The molecule has 1 N–H and O–H groups in total. The molecule has 0 unspecified atom stereocenters. The van der Waals surface area contributed by atoms with Crippen LogP contribution in [0.1, 0.15) is 70.7 Å². The number of likely N-dealkylation sites (tertiary alicyclic amines) is 1. The first-order valence-electron chi connectivity index (χ1n) is 14.5. The number of esters is 1. The van der Waals surface area contributed by atoms with Crippen LogP contribution in [0.4, 0.5) is 5.00 Å². The number of rotatable bonds is 8. The van der Waals surface area contributed by atoms with Gasteiger partial charge in [0.25, 0.3) is 11.8 Å². The van der Waals surface area contributed by atoms with Crippen molar-refractivity contribution in [1.82, 2.24) is 14.1 Å². The van der Waals surface area contributed by atoms with Crippen LogP contribution in [0.25, 0.3) is 0 Å². The molecule has 2 aromatic rings. The van der Waals surface area contributed by atoms with E-state index < -0.39 is 10.0 Å². The molecule has 4 heterocycles. The van der Waals surface area contributed by atoms with Crippen LogP contribution in [0.2, 0.25) is 0 Å². The van der Waals surface area contributed by atoms with Crippen LogP contribution in [-0.4, -0.2) is 86.2 Å². The number of amides is 2. The smallest absolute Gasteiger partial charge is 0.309 e. The molecule has 1 aromatic carbocycles. The molecule has 10 nitrogen and oxygen atoms in total. The highest BCUT2D eigenvalue weighted by molar-refractivity contribution is 7.89. The molecule has 3 aliphatic rings. The number of benzene rings is 1. The Morgan fingerprint density at radius 1 is 1.00 bits per heavy atom. The molecule has 5 rings (SSSR count). The fourth-order valence-electron chi connectivity index (χ4n) is 5.81. The van der Waals surface area contributed by atoms with Gasteiger partial charge in [0.05, 0.1) is 23.0 Å². The molecule has 2 saturated heterocycles. The molecule has 3 aliphatic heterocycles. The van der Waals surface area contributed by atoms with Crippen LogP contribution >= 0.6 is 11.3 Å². The van der Waals surface area contributed by atoms with Crippen molar-refractivity contribution < 1.29 is 27.5 Å². The maximum Gasteiger partial charge on any atom is 0.309 e. The zero-order chi connectivity index (χ0) is 29.1. The normalized spacial score (nSPS) is 18.7. The number of sulfonamides is 1. The summed E-state index contributed by atoms with van der Waals surface area (Å²) in [7, 11) is -3.77. The van der Waals surface area contributed by atoms with E-state index >= 15 is 0 Å². The number of nitrogens with one attached hydrogen (secondary N) is 1. The average molecular weight is 603 g/mol. The van der Waals surface area contributed by atoms with E-state index in [1.807, 2.05) is 4.90 Å². The lowest BCUT2D eigenvalue weighted by Gasteiger charge is -2.30. The maximum atomic E-state index is 13.5. The van der Waals surface area contributed by atoms with E-state index in [0.29, 0.717) is 35.6 Å². The summed E-state index contributed by atoms with van der Waals surface area (Å²) in [6.07, 6.45) is 3.58. The minimum absolute atomic E-state index is 0.0200. The fraction of sp³-hybridized carbons (Fsp3) is 0.552. The number of thiophene rings is 1. The number of hydrogen-bond donors (Lipinski definition) is 1. The van der Waals surface area contributed by atoms with E-state index in [4.69, 9.17) is 4.74 Å². The van der Waals surface area contributed by atoms with Crippen molar-refractivity contribution in [2.45, 2.75) is 57.4 Å². The Kier molecular flexibility index (Phi) is 9.12. The second-order valence-electron chi connectivity index (χ2n) is 10.7. The summed E-state index contributed by atoms with van der Waals surface area (Å²) in [4.78, 5) is 44.3. The van der Waals surface area contributed by atoms with E-state index in [9.17, 15) is 22.8 Å². The van der Waals surface area contributed by atoms with Gasteiger partial charge in [0, 0.05) is 49.7 Å². The van der Waals surface area contributed by atoms with E-state index in [1.54, 1.807) is 6.92 Å². The van der Waals surface area contributed by atoms with Crippen molar-refractivity contribution >= 4 is 44.1 Å². The fourth-order valence-corrected chi connectivity index (χ4v) is 8.56. The molecule has 12 heteroatoms. The molecule has 0 atom stereocenters. The largest absolute Gasteiger partial charge is 0.466 e. The number of fused-ring (bicyclic) bond motifs is 1. The van der Waals surface area contributed by atoms with Gasteiger partial charge in [0.1, 0.15) is 5.00 Å². The monoisotopic (exact) mass is 602 g/mol. The van der Waals surface area contributed by atoms with Gasteiger partial charge in [-0.25, -0.2) is 8.42 Å². The van der Waals surface area contributed by atoms with Crippen molar-refractivity contribution in [3.63, 3.8) is 0 Å². The van der Waals surface area contributed by atoms with Crippen LogP contribution in [0, 0.1) is 5.92 Å². The number of ether oxygens (including phenoxy) is 1. The summed E-state index contributed by atoms with van der Waals surface area (Å²) in [6, 6.07) is 5.89. The lowest BCUT2D eigenvalue weighted by molar-refractivity contribution is -0.149. The van der Waals surface area contributed by atoms with Gasteiger partial charge in [-0.15, -0.1) is 11.3 Å². The lowest BCUT2D eigenvalue weighted by atomic mass is 9.98. The summed E-state index contributed by atoms with van der Waals surface area (Å²) in [5.41, 5.74) is 1.97. The number of likely N-dealkylation sites (N-methyl/N-ethyl adjacent to an activating group) is 1. The topological polar surface area (TPSA) is 116 Å². The summed E-state index contributed by atoms with van der Waals surface area (Å²) in [5, 5.41) is 3.54. The van der Waals surface area contributed by atoms with Crippen LogP contribution in [0.5, 0.6) is 0 Å². The van der Waals surface area contributed by atoms with Gasteiger partial charge in [-0.1, -0.05) is 6.92 Å². The van der Waals surface area contributed by atoms with Crippen LogP contribution in [-0.2, 0) is 32.5 Å². The van der Waals surface area contributed by atoms with Crippen LogP contribution in [0.15, 0.2) is 29.2 Å². The van der Waals surface area contributed by atoms with Crippen molar-refractivity contribution in [1.29, 1.82) is 0 Å². The molecule has 2 fully saturated rings. The molecule has 1 aromatic heterocycles. The quantitative estimate of drug-likeness (QED) is 0.459. The van der Waals surface area contributed by atoms with Gasteiger partial charge in [-0.05, 0) is 75.4 Å². The highest BCUT2D eigenvalue weighted by Crippen LogP contribution is 2.38. The third-order valence-corrected chi connectivity index (χ3v) is 11.3. The van der Waals surface area contributed by atoms with E-state index in [-0.39, 0.29) is 41.7 Å². The number of carbonyl (C=O) groups excluding carboxylic acids is 3. The number of anilines is 1. The molecule has 0 saturated carbocycles. The molecule has 0 radical (unpaired) electrons. The van der Waals surface area contributed by atoms with Gasteiger partial charge in [0.15, 0.2) is 0 Å². The molecule has 222 valence electrons. The van der Waals surface area contributed by atoms with Gasteiger partial charge in [-0.3, -0.25) is 19.3 Å². The SMILES string of the molecule is CCOC(=O)C1CCN(S(=O)(=O)c2ccc(C(=O)Nc3sc4c(c3C(=O)N3CCCC3)CCN(CC)C4)cc2)CC1. The second-order valence-corrected chi connectivity index (χ2v) is 13.8. The Morgan fingerprint density at radius 3 is 2.32 bits per heavy atom. The highest BCUT2D eigenvalue weighted by atomic mass is 32.2. The maximum absolute atomic E-state index is 13.5. The Balaban J connectivity index is 1.30. The third kappa shape index (κ3) is 6.20. The lowest BCUT2D eigenvalue weighted by Crippen LogP contribution is -2.40. The molecule has 0 aliphatic carbocycles. The molecule has 0 bridgehead atoms. The van der Waals surface area contributed by atoms with Crippen molar-refractivity contribution in [3.8, 4) is 0 Å². The Bertz CT molecular complexity index is 1390. The van der Waals surface area contributed by atoms with Gasteiger partial charge in [0.2, 0.25) is 10.0 Å². The summed E-state index contributed by atoms with van der Waals surface area (Å²) < 4.78 is 32.9. The first-order chi connectivity index (χ1) is 19.7.